The number of Topliss-reactive ketones (excluding diaryl/α,β-unsaturated/α-hetero) is 1. The zero-order valence-corrected chi connectivity index (χ0v) is 11.7. The summed E-state index contributed by atoms with van der Waals surface area (Å²) >= 11 is 5.88. The molecule has 102 valence electrons. The molecule has 0 amide bonds. The van der Waals surface area contributed by atoms with E-state index in [4.69, 9.17) is 11.6 Å². The monoisotopic (exact) mass is 282 g/mol. The first-order chi connectivity index (χ1) is 8.88. The second kappa shape index (κ2) is 6.38. The van der Waals surface area contributed by atoms with Crippen molar-refractivity contribution in [1.29, 1.82) is 0 Å². The van der Waals surface area contributed by atoms with Gasteiger partial charge in [0.25, 0.3) is 5.78 Å². The second-order valence-electron chi connectivity index (χ2n) is 3.99. The van der Waals surface area contributed by atoms with Crippen molar-refractivity contribution in [1.82, 2.24) is 0 Å². The number of benzene rings is 1. The predicted molar refractivity (Wildman–Crippen MR) is 73.1 cm³/mol. The average Bonchev–Trinajstić information content (AvgIpc) is 2.39. The first kappa shape index (κ1) is 15.2. The van der Waals surface area contributed by atoms with Gasteiger partial charge >= 0.3 is 5.97 Å². The van der Waals surface area contributed by atoms with Crippen LogP contribution in [0.1, 0.15) is 25.0 Å². The van der Waals surface area contributed by atoms with E-state index in [1.807, 2.05) is 0 Å². The van der Waals surface area contributed by atoms with Crippen LogP contribution in [0, 0.1) is 6.92 Å². The molecule has 4 nitrogen and oxygen atoms in total. The number of hydrogen-bond donors (Lipinski definition) is 1. The molecule has 0 unspecified atom stereocenters. The van der Waals surface area contributed by atoms with E-state index in [2.05, 4.69) is 4.74 Å². The normalized spacial score (nSPS) is 11.8. The highest BCUT2D eigenvalue weighted by Crippen LogP contribution is 2.22. The standard InChI is InChI=1S/C14H15ClO4/c1-4-19-14(18)13(17)9(3)12(16)10-5-6-11(15)8(2)7-10/h5-7,16H,4H2,1-3H3/b12-9-. The van der Waals surface area contributed by atoms with Crippen LogP contribution in [0.5, 0.6) is 0 Å². The lowest BCUT2D eigenvalue weighted by Gasteiger charge is -2.07. The smallest absolute Gasteiger partial charge is 0.379 e. The van der Waals surface area contributed by atoms with Gasteiger partial charge in [-0.1, -0.05) is 11.6 Å². The van der Waals surface area contributed by atoms with Crippen molar-refractivity contribution in [3.63, 3.8) is 0 Å². The van der Waals surface area contributed by atoms with Crippen molar-refractivity contribution in [3.05, 3.63) is 39.9 Å². The highest BCUT2D eigenvalue weighted by molar-refractivity contribution is 6.41. The average molecular weight is 283 g/mol. The highest BCUT2D eigenvalue weighted by atomic mass is 35.5. The van der Waals surface area contributed by atoms with Crippen LogP contribution < -0.4 is 0 Å². The third-order valence-electron chi connectivity index (χ3n) is 2.59. The molecule has 5 heteroatoms. The minimum Gasteiger partial charge on any atom is -0.507 e. The Morgan fingerprint density at radius 2 is 2.00 bits per heavy atom. The predicted octanol–water partition coefficient (Wildman–Crippen LogP) is 3.07. The number of halogens is 1. The van der Waals surface area contributed by atoms with Gasteiger partial charge in [0.05, 0.1) is 6.61 Å². The van der Waals surface area contributed by atoms with Crippen molar-refractivity contribution in [2.45, 2.75) is 20.8 Å². The van der Waals surface area contributed by atoms with Crippen LogP contribution in [0.4, 0.5) is 0 Å². The lowest BCUT2D eigenvalue weighted by Crippen LogP contribution is -2.19. The van der Waals surface area contributed by atoms with E-state index in [0.717, 1.165) is 5.56 Å². The van der Waals surface area contributed by atoms with Gasteiger partial charge < -0.3 is 9.84 Å². The highest BCUT2D eigenvalue weighted by Gasteiger charge is 2.21. The zero-order chi connectivity index (χ0) is 14.6. The van der Waals surface area contributed by atoms with Crippen LogP contribution >= 0.6 is 11.6 Å². The second-order valence-corrected chi connectivity index (χ2v) is 4.39. The lowest BCUT2D eigenvalue weighted by molar-refractivity contribution is -0.151. The summed E-state index contributed by atoms with van der Waals surface area (Å²) in [5, 5.41) is 10.6. The minimum atomic E-state index is -0.975. The zero-order valence-electron chi connectivity index (χ0n) is 11.0. The van der Waals surface area contributed by atoms with Gasteiger partial charge in [0, 0.05) is 16.2 Å². The molecular formula is C14H15ClO4. The summed E-state index contributed by atoms with van der Waals surface area (Å²) in [5.41, 5.74) is 1.14. The number of esters is 1. The van der Waals surface area contributed by atoms with Crippen LogP contribution in [0.25, 0.3) is 5.76 Å². The Bertz CT molecular complexity index is 546. The van der Waals surface area contributed by atoms with Gasteiger partial charge in [0.2, 0.25) is 0 Å². The summed E-state index contributed by atoms with van der Waals surface area (Å²) in [5.74, 6) is -2.08. The number of aryl methyl sites for hydroxylation is 1. The number of ketones is 1. The maximum atomic E-state index is 11.7. The third kappa shape index (κ3) is 3.58. The minimum absolute atomic E-state index is 0.0554. The Balaban J connectivity index is 3.10. The van der Waals surface area contributed by atoms with Gasteiger partial charge in [0.1, 0.15) is 5.76 Å². The van der Waals surface area contributed by atoms with E-state index in [-0.39, 0.29) is 17.9 Å². The molecule has 1 aromatic rings. The molecule has 1 aromatic carbocycles. The summed E-state index contributed by atoms with van der Waals surface area (Å²) < 4.78 is 4.60. The van der Waals surface area contributed by atoms with Crippen LogP contribution in [-0.4, -0.2) is 23.5 Å². The molecule has 0 aliphatic carbocycles. The summed E-state index contributed by atoms with van der Waals surface area (Å²) in [4.78, 5) is 23.0. The molecule has 0 fully saturated rings. The van der Waals surface area contributed by atoms with Gasteiger partial charge in [0.15, 0.2) is 0 Å². The van der Waals surface area contributed by atoms with Crippen molar-refractivity contribution in [3.8, 4) is 0 Å². The Labute approximate surface area is 116 Å². The summed E-state index contributed by atoms with van der Waals surface area (Å²) in [7, 11) is 0. The Morgan fingerprint density at radius 3 is 2.53 bits per heavy atom. The van der Waals surface area contributed by atoms with Crippen molar-refractivity contribution < 1.29 is 19.4 Å². The van der Waals surface area contributed by atoms with Crippen LogP contribution in [-0.2, 0) is 14.3 Å². The Morgan fingerprint density at radius 1 is 1.37 bits per heavy atom. The first-order valence-electron chi connectivity index (χ1n) is 5.76. The first-order valence-corrected chi connectivity index (χ1v) is 6.14. The van der Waals surface area contributed by atoms with E-state index >= 15 is 0 Å². The van der Waals surface area contributed by atoms with Crippen molar-refractivity contribution in [2.75, 3.05) is 6.61 Å². The lowest BCUT2D eigenvalue weighted by atomic mass is 10.0. The number of carbonyl (C=O) groups excluding carboxylic acids is 2. The molecule has 1 N–H and O–H groups in total. The summed E-state index contributed by atoms with van der Waals surface area (Å²) in [6.07, 6.45) is 0. The maximum absolute atomic E-state index is 11.7. The third-order valence-corrected chi connectivity index (χ3v) is 3.01. The van der Waals surface area contributed by atoms with Crippen LogP contribution in [0.3, 0.4) is 0 Å². The topological polar surface area (TPSA) is 63.6 Å². The number of aliphatic hydroxyl groups excluding tert-OH is 1. The summed E-state index contributed by atoms with van der Waals surface area (Å²) in [6, 6.07) is 4.83. The van der Waals surface area contributed by atoms with E-state index in [0.29, 0.717) is 10.6 Å². The van der Waals surface area contributed by atoms with Crippen LogP contribution in [0.15, 0.2) is 23.8 Å². The fourth-order valence-electron chi connectivity index (χ4n) is 1.47. The quantitative estimate of drug-likeness (QED) is 0.399. The molecule has 19 heavy (non-hydrogen) atoms. The molecule has 0 spiro atoms. The molecule has 0 saturated carbocycles. The number of rotatable bonds is 4. The van der Waals surface area contributed by atoms with E-state index in [1.54, 1.807) is 32.0 Å². The van der Waals surface area contributed by atoms with Gasteiger partial charge in [-0.3, -0.25) is 4.79 Å². The number of hydrogen-bond acceptors (Lipinski definition) is 4. The summed E-state index contributed by atoms with van der Waals surface area (Å²) in [6.45, 7) is 4.87. The van der Waals surface area contributed by atoms with Gasteiger partial charge in [-0.25, -0.2) is 4.79 Å². The number of aliphatic hydroxyl groups is 1. The van der Waals surface area contributed by atoms with E-state index in [1.165, 1.54) is 6.92 Å². The van der Waals surface area contributed by atoms with E-state index in [9.17, 15) is 14.7 Å². The molecule has 0 saturated heterocycles. The van der Waals surface area contributed by atoms with Crippen molar-refractivity contribution >= 4 is 29.1 Å². The van der Waals surface area contributed by atoms with E-state index < -0.39 is 11.8 Å². The largest absolute Gasteiger partial charge is 0.507 e. The molecule has 0 aliphatic heterocycles. The fraction of sp³-hybridized carbons (Fsp3) is 0.286. The van der Waals surface area contributed by atoms with Gasteiger partial charge in [-0.2, -0.15) is 0 Å². The number of ether oxygens (including phenoxy) is 1. The van der Waals surface area contributed by atoms with Crippen molar-refractivity contribution in [2.24, 2.45) is 0 Å². The van der Waals surface area contributed by atoms with Crippen LogP contribution in [0.2, 0.25) is 5.02 Å². The molecule has 0 bridgehead atoms. The van der Waals surface area contributed by atoms with Gasteiger partial charge in [-0.15, -0.1) is 0 Å². The maximum Gasteiger partial charge on any atom is 0.379 e. The fourth-order valence-corrected chi connectivity index (χ4v) is 1.58. The molecule has 0 radical (unpaired) electrons. The Kier molecular flexibility index (Phi) is 5.12. The Hall–Kier alpha value is -1.81. The number of carbonyl (C=O) groups is 2. The molecule has 0 aromatic heterocycles. The molecule has 0 atom stereocenters. The molecule has 0 aliphatic rings. The molecule has 0 heterocycles. The van der Waals surface area contributed by atoms with Gasteiger partial charge in [-0.05, 0) is 44.5 Å². The SMILES string of the molecule is CCOC(=O)C(=O)/C(C)=C(\O)c1ccc(Cl)c(C)c1. The molecule has 1 rings (SSSR count). The molecular weight excluding hydrogens is 268 g/mol.